The molecule has 0 radical (unpaired) electrons. The minimum Gasteiger partial charge on any atom is -0.358 e. The zero-order valence-electron chi connectivity index (χ0n) is 18.4. The number of allylic oxidation sites excluding steroid dienone is 1. The molecule has 0 fully saturated rings. The van der Waals surface area contributed by atoms with Crippen molar-refractivity contribution in [2.75, 3.05) is 5.32 Å². The third-order valence-corrected chi connectivity index (χ3v) is 5.89. The molecule has 6 rings (SSSR count). The number of aromatic nitrogens is 5. The van der Waals surface area contributed by atoms with E-state index in [9.17, 15) is 0 Å². The molecular weight excluding hydrogens is 420 g/mol. The van der Waals surface area contributed by atoms with Gasteiger partial charge in [0.2, 0.25) is 0 Å². The molecule has 0 atom stereocenters. The highest BCUT2D eigenvalue weighted by atomic mass is 15.1. The number of pyridine rings is 2. The summed E-state index contributed by atoms with van der Waals surface area (Å²) in [4.78, 5) is 12.1. The minimum absolute atomic E-state index is 0.759. The molecule has 2 aromatic carbocycles. The first-order valence-corrected chi connectivity index (χ1v) is 11.1. The molecule has 0 spiro atoms. The van der Waals surface area contributed by atoms with Crippen LogP contribution in [-0.2, 0) is 6.42 Å². The van der Waals surface area contributed by atoms with Gasteiger partial charge in [0.25, 0.3) is 0 Å². The van der Waals surface area contributed by atoms with Crippen LogP contribution in [-0.4, -0.2) is 25.1 Å². The quantitative estimate of drug-likeness (QED) is 0.281. The fourth-order valence-corrected chi connectivity index (χ4v) is 4.26. The van der Waals surface area contributed by atoms with Gasteiger partial charge in [-0.25, -0.2) is 0 Å². The Bertz CT molecular complexity index is 1590. The average Bonchev–Trinajstić information content (AvgIpc) is 3.48. The van der Waals surface area contributed by atoms with Crippen molar-refractivity contribution in [1.82, 2.24) is 25.1 Å². The Morgan fingerprint density at radius 1 is 0.853 bits per heavy atom. The van der Waals surface area contributed by atoms with Gasteiger partial charge >= 0.3 is 0 Å². The Morgan fingerprint density at radius 2 is 1.76 bits per heavy atom. The van der Waals surface area contributed by atoms with Gasteiger partial charge in [-0.05, 0) is 41.5 Å². The molecule has 0 aliphatic rings. The third-order valence-electron chi connectivity index (χ3n) is 5.89. The molecule has 0 amide bonds. The lowest BCUT2D eigenvalue weighted by molar-refractivity contribution is 1.12. The Kier molecular flexibility index (Phi) is 4.88. The predicted octanol–water partition coefficient (Wildman–Crippen LogP) is 6.34. The molecular formula is C28H22N6. The number of nitrogens with zero attached hydrogens (tertiary/aromatic N) is 3. The first kappa shape index (κ1) is 19.9. The fraction of sp³-hybridized carbons (Fsp3) is 0.0357. The lowest BCUT2D eigenvalue weighted by Gasteiger charge is -2.11. The van der Waals surface area contributed by atoms with Crippen LogP contribution in [0.5, 0.6) is 0 Å². The summed E-state index contributed by atoms with van der Waals surface area (Å²) in [5, 5.41) is 13.3. The van der Waals surface area contributed by atoms with Crippen LogP contribution in [0.15, 0.2) is 104 Å². The van der Waals surface area contributed by atoms with Crippen molar-refractivity contribution in [2.24, 2.45) is 0 Å². The van der Waals surface area contributed by atoms with Crippen molar-refractivity contribution < 1.29 is 0 Å². The Morgan fingerprint density at radius 3 is 2.65 bits per heavy atom. The van der Waals surface area contributed by atoms with E-state index in [2.05, 4.69) is 79.5 Å². The summed E-state index contributed by atoms with van der Waals surface area (Å²) in [5.74, 6) is 0. The summed E-state index contributed by atoms with van der Waals surface area (Å²) in [6.07, 6.45) is 8.08. The van der Waals surface area contributed by atoms with Gasteiger partial charge in [-0.1, -0.05) is 43.0 Å². The van der Waals surface area contributed by atoms with E-state index >= 15 is 0 Å². The summed E-state index contributed by atoms with van der Waals surface area (Å²) in [5.41, 5.74) is 8.95. The number of anilines is 1. The number of nitrogens with one attached hydrogen (secondary N) is 3. The number of benzene rings is 2. The molecule has 0 aliphatic carbocycles. The van der Waals surface area contributed by atoms with Crippen LogP contribution < -0.4 is 5.32 Å². The predicted molar refractivity (Wildman–Crippen MR) is 137 cm³/mol. The topological polar surface area (TPSA) is 82.3 Å². The molecule has 164 valence electrons. The van der Waals surface area contributed by atoms with E-state index in [0.717, 1.165) is 62.1 Å². The number of aromatic amines is 2. The third kappa shape index (κ3) is 3.82. The normalized spacial score (nSPS) is 11.2. The smallest absolute Gasteiger partial charge is 0.116 e. The molecule has 0 saturated carbocycles. The van der Waals surface area contributed by atoms with Gasteiger partial charge in [-0.15, -0.1) is 0 Å². The van der Waals surface area contributed by atoms with Gasteiger partial charge in [0.05, 0.1) is 34.8 Å². The van der Waals surface area contributed by atoms with Crippen LogP contribution in [0.4, 0.5) is 5.69 Å². The second-order valence-electron chi connectivity index (χ2n) is 8.33. The van der Waals surface area contributed by atoms with Crippen molar-refractivity contribution in [3.8, 4) is 22.5 Å². The zero-order valence-corrected chi connectivity index (χ0v) is 18.4. The standard InChI is InChI=1S/C28H22N6/c1-18(11-19-5-3-2-4-6-19)31-23-12-22(15-30-16-23)20-7-8-25-24(13-20)28(34-33-25)26-14-21-9-10-29-17-27(21)32-26/h2-10,12-17,31-32H,1,11H2,(H,33,34). The van der Waals surface area contributed by atoms with Gasteiger partial charge < -0.3 is 10.3 Å². The highest BCUT2D eigenvalue weighted by molar-refractivity contribution is 5.97. The second-order valence-corrected chi connectivity index (χ2v) is 8.33. The number of rotatable bonds is 6. The maximum absolute atomic E-state index is 4.58. The molecule has 4 heterocycles. The van der Waals surface area contributed by atoms with Crippen molar-refractivity contribution >= 4 is 27.5 Å². The summed E-state index contributed by atoms with van der Waals surface area (Å²) >= 11 is 0. The van der Waals surface area contributed by atoms with E-state index < -0.39 is 0 Å². The summed E-state index contributed by atoms with van der Waals surface area (Å²) in [6.45, 7) is 4.19. The number of hydrogen-bond acceptors (Lipinski definition) is 4. The molecule has 0 unspecified atom stereocenters. The van der Waals surface area contributed by atoms with Gasteiger partial charge in [-0.3, -0.25) is 15.1 Å². The molecule has 3 N–H and O–H groups in total. The monoisotopic (exact) mass is 442 g/mol. The maximum Gasteiger partial charge on any atom is 0.116 e. The Hall–Kier alpha value is -4.71. The summed E-state index contributed by atoms with van der Waals surface area (Å²) < 4.78 is 0. The van der Waals surface area contributed by atoms with E-state index in [-0.39, 0.29) is 0 Å². The van der Waals surface area contributed by atoms with E-state index in [1.54, 1.807) is 6.20 Å². The largest absolute Gasteiger partial charge is 0.358 e. The van der Waals surface area contributed by atoms with Crippen molar-refractivity contribution in [1.29, 1.82) is 0 Å². The first-order valence-electron chi connectivity index (χ1n) is 11.1. The van der Waals surface area contributed by atoms with Crippen LogP contribution in [0.1, 0.15) is 5.56 Å². The van der Waals surface area contributed by atoms with Gasteiger partial charge in [-0.2, -0.15) is 5.10 Å². The second kappa shape index (κ2) is 8.33. The summed E-state index contributed by atoms with van der Waals surface area (Å²) in [7, 11) is 0. The van der Waals surface area contributed by atoms with E-state index in [1.807, 2.05) is 42.9 Å². The van der Waals surface area contributed by atoms with Crippen LogP contribution >= 0.6 is 0 Å². The van der Waals surface area contributed by atoms with Gasteiger partial charge in [0.1, 0.15) is 5.69 Å². The lowest BCUT2D eigenvalue weighted by atomic mass is 10.0. The molecule has 6 aromatic rings. The van der Waals surface area contributed by atoms with E-state index in [1.165, 1.54) is 5.56 Å². The molecule has 0 bridgehead atoms. The molecule has 6 nitrogen and oxygen atoms in total. The minimum atomic E-state index is 0.759. The Balaban J connectivity index is 1.30. The van der Waals surface area contributed by atoms with Crippen LogP contribution in [0, 0.1) is 0 Å². The van der Waals surface area contributed by atoms with Crippen molar-refractivity contribution in [3.63, 3.8) is 0 Å². The average molecular weight is 443 g/mol. The number of fused-ring (bicyclic) bond motifs is 2. The van der Waals surface area contributed by atoms with Crippen LogP contribution in [0.3, 0.4) is 0 Å². The first-order chi connectivity index (χ1) is 16.7. The fourth-order valence-electron chi connectivity index (χ4n) is 4.26. The summed E-state index contributed by atoms with van der Waals surface area (Å²) in [6, 6.07) is 22.8. The van der Waals surface area contributed by atoms with Crippen molar-refractivity contribution in [3.05, 3.63) is 109 Å². The number of H-pyrrole nitrogens is 2. The SMILES string of the molecule is C=C(Cc1ccccc1)Nc1cncc(-c2ccc3[nH]nc(-c4cc5ccncc5[nH]4)c3c2)c1. The van der Waals surface area contributed by atoms with Crippen LogP contribution in [0.25, 0.3) is 44.3 Å². The maximum atomic E-state index is 4.58. The van der Waals surface area contributed by atoms with Gasteiger partial charge in [0.15, 0.2) is 0 Å². The lowest BCUT2D eigenvalue weighted by Crippen LogP contribution is -2.02. The molecule has 6 heteroatoms. The van der Waals surface area contributed by atoms with Crippen molar-refractivity contribution in [2.45, 2.75) is 6.42 Å². The van der Waals surface area contributed by atoms with Gasteiger partial charge in [0, 0.05) is 40.8 Å². The zero-order chi connectivity index (χ0) is 22.9. The number of hydrogen-bond donors (Lipinski definition) is 3. The highest BCUT2D eigenvalue weighted by Crippen LogP contribution is 2.32. The molecule has 0 aliphatic heterocycles. The van der Waals surface area contributed by atoms with E-state index in [0.29, 0.717) is 0 Å². The Labute approximate surface area is 196 Å². The van der Waals surface area contributed by atoms with Crippen LogP contribution in [0.2, 0.25) is 0 Å². The van der Waals surface area contributed by atoms with E-state index in [4.69, 9.17) is 0 Å². The molecule has 0 saturated heterocycles. The molecule has 4 aromatic heterocycles. The molecule has 34 heavy (non-hydrogen) atoms. The highest BCUT2D eigenvalue weighted by Gasteiger charge is 2.12.